The van der Waals surface area contributed by atoms with Crippen LogP contribution < -0.4 is 15.0 Å². The summed E-state index contributed by atoms with van der Waals surface area (Å²) < 4.78 is 68.9. The molecule has 4 fully saturated rings. The first-order valence-electron chi connectivity index (χ1n) is 16.4. The number of alkyl halides is 1. The number of anilines is 1. The van der Waals surface area contributed by atoms with Crippen molar-refractivity contribution in [3.8, 4) is 22.9 Å². The predicted molar refractivity (Wildman–Crippen MR) is 169 cm³/mol. The lowest BCUT2D eigenvalue weighted by Gasteiger charge is -2.43. The zero-order valence-corrected chi connectivity index (χ0v) is 25.8. The maximum atomic E-state index is 16.9. The van der Waals surface area contributed by atoms with Crippen LogP contribution >= 0.6 is 0 Å². The molecule has 4 atom stereocenters. The lowest BCUT2D eigenvalue weighted by molar-refractivity contribution is 0.107. The van der Waals surface area contributed by atoms with Crippen LogP contribution in [0.25, 0.3) is 32.8 Å². The second-order valence-corrected chi connectivity index (χ2v) is 13.5. The van der Waals surface area contributed by atoms with Gasteiger partial charge in [0.1, 0.15) is 41.5 Å². The summed E-state index contributed by atoms with van der Waals surface area (Å²) >= 11 is 0. The predicted octanol–water partition coefficient (Wildman–Crippen LogP) is 6.42. The summed E-state index contributed by atoms with van der Waals surface area (Å²) in [7, 11) is 0. The standard InChI is InChI=1S/C35H37F4N5O2/c1-2-24-27(37)8-7-19-11-23(45)12-25(29(19)24)30-28(38)13-26-32(31(30)39)41-34(46-18-35-9-4-10-44(35)15-20(36)14-35)42-33(26)43-16-21-5-3-6-22(17-43)40-21/h7-8,11-13,20-22,40,45H,2-6,9-10,14-18H2,1H3/t20-,21?,22?,35+/m1/s1. The molecule has 0 spiro atoms. The summed E-state index contributed by atoms with van der Waals surface area (Å²) in [5, 5.41) is 15.2. The fourth-order valence-corrected chi connectivity index (χ4v) is 8.58. The van der Waals surface area contributed by atoms with Crippen LogP contribution in [0.5, 0.6) is 11.8 Å². The zero-order valence-electron chi connectivity index (χ0n) is 25.8. The van der Waals surface area contributed by atoms with Crippen molar-refractivity contribution in [2.45, 2.75) is 75.7 Å². The molecule has 7 nitrogen and oxygen atoms in total. The first kappa shape index (κ1) is 29.7. The normalized spacial score (nSPS) is 26.3. The van der Waals surface area contributed by atoms with E-state index in [0.29, 0.717) is 48.2 Å². The van der Waals surface area contributed by atoms with Gasteiger partial charge in [0.25, 0.3) is 0 Å². The molecule has 0 amide bonds. The minimum Gasteiger partial charge on any atom is -0.508 e. The number of benzene rings is 3. The van der Waals surface area contributed by atoms with Gasteiger partial charge in [-0.25, -0.2) is 17.6 Å². The summed E-state index contributed by atoms with van der Waals surface area (Å²) in [5.74, 6) is -2.10. The molecule has 4 aliphatic rings. The average Bonchev–Trinajstić information content (AvgIpc) is 3.55. The molecule has 2 unspecified atom stereocenters. The van der Waals surface area contributed by atoms with Crippen LogP contribution in [0.1, 0.15) is 51.0 Å². The van der Waals surface area contributed by atoms with E-state index in [0.717, 1.165) is 38.6 Å². The molecule has 4 aliphatic heterocycles. The molecule has 0 aliphatic carbocycles. The Balaban J connectivity index is 1.30. The average molecular weight is 636 g/mol. The van der Waals surface area contributed by atoms with Gasteiger partial charge in [-0.05, 0) is 84.8 Å². The Hall–Kier alpha value is -3.70. The number of ether oxygens (including phenoxy) is 1. The number of phenols is 1. The number of nitrogens with one attached hydrogen (secondary N) is 1. The number of halogens is 4. The fraction of sp³-hybridized carbons (Fsp3) is 0.486. The van der Waals surface area contributed by atoms with E-state index in [1.807, 2.05) is 0 Å². The molecular formula is C35H37F4N5O2. The largest absolute Gasteiger partial charge is 0.508 e. The third kappa shape index (κ3) is 4.85. The van der Waals surface area contributed by atoms with Crippen LogP contribution in [0, 0.1) is 17.5 Å². The third-order valence-electron chi connectivity index (χ3n) is 10.6. The molecule has 2 N–H and O–H groups in total. The molecule has 4 saturated heterocycles. The Kier molecular flexibility index (Phi) is 7.24. The number of aromatic hydroxyl groups is 1. The number of piperazine rings is 1. The Morgan fingerprint density at radius 1 is 1.02 bits per heavy atom. The van der Waals surface area contributed by atoms with Crippen molar-refractivity contribution in [2.24, 2.45) is 0 Å². The van der Waals surface area contributed by atoms with Gasteiger partial charge in [-0.15, -0.1) is 0 Å². The van der Waals surface area contributed by atoms with E-state index in [-0.39, 0.29) is 53.3 Å². The van der Waals surface area contributed by atoms with Crippen molar-refractivity contribution in [3.05, 3.63) is 53.3 Å². The van der Waals surface area contributed by atoms with Crippen molar-refractivity contribution >= 4 is 27.5 Å². The zero-order chi connectivity index (χ0) is 31.7. The molecule has 242 valence electrons. The number of hydrogen-bond acceptors (Lipinski definition) is 7. The summed E-state index contributed by atoms with van der Waals surface area (Å²) in [6.07, 6.45) is 4.55. The van der Waals surface area contributed by atoms with Crippen molar-refractivity contribution in [3.63, 3.8) is 0 Å². The Bertz CT molecular complexity index is 1840. The van der Waals surface area contributed by atoms with E-state index >= 15 is 8.78 Å². The van der Waals surface area contributed by atoms with Crippen molar-refractivity contribution < 1.29 is 27.4 Å². The number of hydrogen-bond donors (Lipinski definition) is 2. The second kappa shape index (κ2) is 11.2. The van der Waals surface area contributed by atoms with Gasteiger partial charge in [0.15, 0.2) is 5.82 Å². The Morgan fingerprint density at radius 2 is 1.83 bits per heavy atom. The summed E-state index contributed by atoms with van der Waals surface area (Å²) in [4.78, 5) is 13.5. The monoisotopic (exact) mass is 635 g/mol. The topological polar surface area (TPSA) is 73.8 Å². The first-order valence-corrected chi connectivity index (χ1v) is 16.4. The summed E-state index contributed by atoms with van der Waals surface area (Å²) in [6.45, 7) is 4.33. The van der Waals surface area contributed by atoms with Crippen molar-refractivity contribution in [1.82, 2.24) is 20.2 Å². The van der Waals surface area contributed by atoms with E-state index < -0.39 is 34.7 Å². The van der Waals surface area contributed by atoms with E-state index in [1.54, 1.807) is 6.92 Å². The van der Waals surface area contributed by atoms with Crippen LogP contribution in [-0.2, 0) is 6.42 Å². The number of aromatic nitrogens is 2. The Labute approximate surface area is 264 Å². The molecule has 8 rings (SSSR count). The van der Waals surface area contributed by atoms with Crippen LogP contribution in [0.3, 0.4) is 0 Å². The molecule has 2 bridgehead atoms. The molecule has 5 heterocycles. The lowest BCUT2D eigenvalue weighted by Crippen LogP contribution is -2.59. The van der Waals surface area contributed by atoms with E-state index in [2.05, 4.69) is 20.1 Å². The number of phenolic OH excluding ortho intramolecular Hbond substituents is 1. The highest BCUT2D eigenvalue weighted by Crippen LogP contribution is 2.43. The number of nitrogens with zero attached hydrogens (tertiary/aromatic N) is 4. The highest BCUT2D eigenvalue weighted by Gasteiger charge is 2.49. The van der Waals surface area contributed by atoms with Crippen LogP contribution in [-0.4, -0.2) is 76.6 Å². The molecular weight excluding hydrogens is 598 g/mol. The van der Waals surface area contributed by atoms with Gasteiger partial charge in [0, 0.05) is 43.5 Å². The second-order valence-electron chi connectivity index (χ2n) is 13.5. The molecule has 1 aromatic heterocycles. The Morgan fingerprint density at radius 3 is 2.61 bits per heavy atom. The van der Waals surface area contributed by atoms with Crippen molar-refractivity contribution in [2.75, 3.05) is 37.7 Å². The summed E-state index contributed by atoms with van der Waals surface area (Å²) in [6, 6.07) is 7.16. The van der Waals surface area contributed by atoms with Crippen LogP contribution in [0.15, 0.2) is 30.3 Å². The van der Waals surface area contributed by atoms with Gasteiger partial charge in [-0.3, -0.25) is 4.90 Å². The van der Waals surface area contributed by atoms with E-state index in [9.17, 15) is 13.9 Å². The van der Waals surface area contributed by atoms with Gasteiger partial charge in [0.2, 0.25) is 0 Å². The number of piperidine rings is 1. The van der Waals surface area contributed by atoms with Crippen LogP contribution in [0.4, 0.5) is 23.4 Å². The summed E-state index contributed by atoms with van der Waals surface area (Å²) in [5.41, 5.74) is -0.644. The maximum absolute atomic E-state index is 16.9. The quantitative estimate of drug-likeness (QED) is 0.237. The molecule has 4 aromatic rings. The SMILES string of the molecule is CCc1c(F)ccc2cc(O)cc(-c3c(F)cc4c(N5CC6CCCC(C5)N6)nc(OC[C@@]56CCCN5C[C@H](F)C6)nc4c3F)c12. The first-order chi connectivity index (χ1) is 22.2. The fourth-order valence-electron chi connectivity index (χ4n) is 8.58. The van der Waals surface area contributed by atoms with Gasteiger partial charge >= 0.3 is 6.01 Å². The minimum absolute atomic E-state index is 0.0445. The van der Waals surface area contributed by atoms with Crippen LogP contribution in [0.2, 0.25) is 0 Å². The van der Waals surface area contributed by atoms with Gasteiger partial charge in [-0.1, -0.05) is 19.4 Å². The lowest BCUT2D eigenvalue weighted by atomic mass is 9.91. The molecule has 3 aromatic carbocycles. The van der Waals surface area contributed by atoms with E-state index in [4.69, 9.17) is 9.72 Å². The number of aryl methyl sites for hydroxylation is 1. The highest BCUT2D eigenvalue weighted by molar-refractivity contribution is 6.03. The van der Waals surface area contributed by atoms with Crippen molar-refractivity contribution in [1.29, 1.82) is 0 Å². The maximum Gasteiger partial charge on any atom is 0.319 e. The highest BCUT2D eigenvalue weighted by atomic mass is 19.1. The van der Waals surface area contributed by atoms with Gasteiger partial charge in [-0.2, -0.15) is 9.97 Å². The van der Waals surface area contributed by atoms with E-state index in [1.165, 1.54) is 30.3 Å². The van der Waals surface area contributed by atoms with Gasteiger partial charge < -0.3 is 20.1 Å². The molecule has 11 heteroatoms. The molecule has 46 heavy (non-hydrogen) atoms. The molecule has 0 saturated carbocycles. The number of fused-ring (bicyclic) bond motifs is 5. The molecule has 0 radical (unpaired) electrons. The van der Waals surface area contributed by atoms with Gasteiger partial charge in [0.05, 0.1) is 11.1 Å². The smallest absolute Gasteiger partial charge is 0.319 e. The minimum atomic E-state index is -0.942. The number of rotatable bonds is 6. The third-order valence-corrected chi connectivity index (χ3v) is 10.6.